The fraction of sp³-hybridized carbons (Fsp3) is 0.133. The summed E-state index contributed by atoms with van der Waals surface area (Å²) in [7, 11) is 1.64. The summed E-state index contributed by atoms with van der Waals surface area (Å²) in [4.78, 5) is 4.62. The van der Waals surface area contributed by atoms with Crippen LogP contribution in [0.25, 0.3) is 16.9 Å². The van der Waals surface area contributed by atoms with Gasteiger partial charge in [0, 0.05) is 18.0 Å². The average Bonchev–Trinajstić information content (AvgIpc) is 3.11. The normalized spacial score (nSPS) is 12.8. The molecule has 20 heavy (non-hydrogen) atoms. The number of hydrogen-bond acceptors (Lipinski definition) is 4. The second kappa shape index (κ2) is 4.16. The molecule has 0 spiro atoms. The lowest BCUT2D eigenvalue weighted by atomic mass is 10.1. The van der Waals surface area contributed by atoms with Gasteiger partial charge < -0.3 is 18.6 Å². The highest BCUT2D eigenvalue weighted by molar-refractivity contribution is 5.68. The fourth-order valence-electron chi connectivity index (χ4n) is 2.34. The van der Waals surface area contributed by atoms with E-state index in [4.69, 9.17) is 14.2 Å². The molecule has 0 N–H and O–H groups in total. The molecule has 0 unspecified atom stereocenters. The molecule has 5 heteroatoms. The first-order valence-electron chi connectivity index (χ1n) is 6.27. The lowest BCUT2D eigenvalue weighted by Gasteiger charge is -2.00. The van der Waals surface area contributed by atoms with E-state index in [1.165, 1.54) is 0 Å². The first kappa shape index (κ1) is 11.2. The van der Waals surface area contributed by atoms with Crippen molar-refractivity contribution < 1.29 is 14.2 Å². The molecule has 1 aliphatic heterocycles. The highest BCUT2D eigenvalue weighted by Gasteiger charge is 2.15. The van der Waals surface area contributed by atoms with E-state index < -0.39 is 0 Å². The largest absolute Gasteiger partial charge is 0.493 e. The number of benzene rings is 1. The Kier molecular flexibility index (Phi) is 2.32. The second-order valence-electron chi connectivity index (χ2n) is 4.50. The van der Waals surface area contributed by atoms with Gasteiger partial charge in [-0.1, -0.05) is 0 Å². The van der Waals surface area contributed by atoms with E-state index >= 15 is 0 Å². The summed E-state index contributed by atoms with van der Waals surface area (Å²) < 4.78 is 18.0. The van der Waals surface area contributed by atoms with E-state index in [9.17, 15) is 0 Å². The van der Waals surface area contributed by atoms with Gasteiger partial charge in [-0.3, -0.25) is 0 Å². The summed E-state index contributed by atoms with van der Waals surface area (Å²) in [6.07, 6.45) is 3.91. The molecule has 2 aromatic heterocycles. The molecule has 0 aliphatic carbocycles. The van der Waals surface area contributed by atoms with Crippen molar-refractivity contribution in [2.24, 2.45) is 0 Å². The lowest BCUT2D eigenvalue weighted by molar-refractivity contribution is 0.174. The average molecular weight is 268 g/mol. The Hall–Kier alpha value is -2.69. The Balaban J connectivity index is 1.86. The van der Waals surface area contributed by atoms with Gasteiger partial charge in [0.05, 0.1) is 12.8 Å². The van der Waals surface area contributed by atoms with Crippen LogP contribution >= 0.6 is 0 Å². The van der Waals surface area contributed by atoms with Crippen LogP contribution in [-0.4, -0.2) is 23.3 Å². The Morgan fingerprint density at radius 1 is 1.20 bits per heavy atom. The van der Waals surface area contributed by atoms with Gasteiger partial charge in [0.1, 0.15) is 0 Å². The SMILES string of the molecule is COc1cccn2cc(-c3ccc4c(c3)OCO4)nc12. The maximum Gasteiger partial charge on any atom is 0.231 e. The number of pyridine rings is 1. The van der Waals surface area contributed by atoms with E-state index in [0.29, 0.717) is 0 Å². The van der Waals surface area contributed by atoms with E-state index in [1.54, 1.807) is 7.11 Å². The predicted molar refractivity (Wildman–Crippen MR) is 73.3 cm³/mol. The third kappa shape index (κ3) is 1.60. The van der Waals surface area contributed by atoms with Crippen molar-refractivity contribution in [1.82, 2.24) is 9.38 Å². The van der Waals surface area contributed by atoms with Crippen LogP contribution in [0.15, 0.2) is 42.7 Å². The van der Waals surface area contributed by atoms with Gasteiger partial charge in [-0.05, 0) is 30.3 Å². The van der Waals surface area contributed by atoms with Crippen LogP contribution in [-0.2, 0) is 0 Å². The predicted octanol–water partition coefficient (Wildman–Crippen LogP) is 2.74. The van der Waals surface area contributed by atoms with E-state index in [1.807, 2.05) is 47.1 Å². The Labute approximate surface area is 115 Å². The molecule has 0 bridgehead atoms. The fourth-order valence-corrected chi connectivity index (χ4v) is 2.34. The molecule has 5 nitrogen and oxygen atoms in total. The standard InChI is InChI=1S/C15H12N2O3/c1-18-13-3-2-6-17-8-11(16-15(13)17)10-4-5-12-14(7-10)20-9-19-12/h2-8H,9H2,1H3. The summed E-state index contributed by atoms with van der Waals surface area (Å²) in [5.74, 6) is 2.28. The molecule has 3 heterocycles. The van der Waals surface area contributed by atoms with Gasteiger partial charge in [-0.25, -0.2) is 4.98 Å². The van der Waals surface area contributed by atoms with Gasteiger partial charge in [0.2, 0.25) is 6.79 Å². The highest BCUT2D eigenvalue weighted by Crippen LogP contribution is 2.36. The second-order valence-corrected chi connectivity index (χ2v) is 4.50. The maximum atomic E-state index is 5.40. The molecule has 1 aliphatic rings. The summed E-state index contributed by atoms with van der Waals surface area (Å²) in [5, 5.41) is 0. The monoisotopic (exact) mass is 268 g/mol. The first-order chi connectivity index (χ1) is 9.85. The molecule has 0 fully saturated rings. The number of rotatable bonds is 2. The highest BCUT2D eigenvalue weighted by atomic mass is 16.7. The molecule has 100 valence electrons. The topological polar surface area (TPSA) is 45.0 Å². The van der Waals surface area contributed by atoms with Crippen LogP contribution in [0.1, 0.15) is 0 Å². The van der Waals surface area contributed by atoms with Crippen LogP contribution in [0.5, 0.6) is 17.2 Å². The quantitative estimate of drug-likeness (QED) is 0.717. The van der Waals surface area contributed by atoms with Crippen LogP contribution in [0.4, 0.5) is 0 Å². The van der Waals surface area contributed by atoms with Gasteiger partial charge >= 0.3 is 0 Å². The zero-order valence-electron chi connectivity index (χ0n) is 10.9. The summed E-state index contributed by atoms with van der Waals surface area (Å²) in [6.45, 7) is 0.276. The Morgan fingerprint density at radius 3 is 3.00 bits per heavy atom. The third-order valence-corrected chi connectivity index (χ3v) is 3.34. The minimum Gasteiger partial charge on any atom is -0.493 e. The number of aromatic nitrogens is 2. The van der Waals surface area contributed by atoms with Crippen molar-refractivity contribution in [3.63, 3.8) is 0 Å². The van der Waals surface area contributed by atoms with Crippen LogP contribution in [0.2, 0.25) is 0 Å². The minimum absolute atomic E-state index is 0.276. The molecular weight excluding hydrogens is 256 g/mol. The Morgan fingerprint density at radius 2 is 2.10 bits per heavy atom. The summed E-state index contributed by atoms with van der Waals surface area (Å²) >= 11 is 0. The molecule has 0 saturated carbocycles. The van der Waals surface area contributed by atoms with E-state index in [-0.39, 0.29) is 6.79 Å². The molecule has 0 saturated heterocycles. The number of fused-ring (bicyclic) bond motifs is 2. The maximum absolute atomic E-state index is 5.40. The van der Waals surface area contributed by atoms with Gasteiger partial charge in [0.25, 0.3) is 0 Å². The van der Waals surface area contributed by atoms with Crippen molar-refractivity contribution >= 4 is 5.65 Å². The van der Waals surface area contributed by atoms with Crippen molar-refractivity contribution in [3.8, 4) is 28.5 Å². The van der Waals surface area contributed by atoms with E-state index in [2.05, 4.69) is 4.98 Å². The van der Waals surface area contributed by atoms with Crippen molar-refractivity contribution in [2.75, 3.05) is 13.9 Å². The molecule has 1 aromatic carbocycles. The number of nitrogens with zero attached hydrogens (tertiary/aromatic N) is 2. The third-order valence-electron chi connectivity index (χ3n) is 3.34. The van der Waals surface area contributed by atoms with Crippen molar-refractivity contribution in [2.45, 2.75) is 0 Å². The van der Waals surface area contributed by atoms with Crippen molar-refractivity contribution in [1.29, 1.82) is 0 Å². The number of ether oxygens (including phenoxy) is 3. The molecule has 0 amide bonds. The number of imidazole rings is 1. The number of methoxy groups -OCH3 is 1. The van der Waals surface area contributed by atoms with Crippen LogP contribution < -0.4 is 14.2 Å². The molecule has 4 rings (SSSR count). The molecule has 3 aromatic rings. The Bertz CT molecular complexity index is 795. The molecule has 0 atom stereocenters. The zero-order chi connectivity index (χ0) is 13.5. The van der Waals surface area contributed by atoms with Crippen molar-refractivity contribution in [3.05, 3.63) is 42.7 Å². The summed E-state index contributed by atoms with van der Waals surface area (Å²) in [6, 6.07) is 9.64. The summed E-state index contributed by atoms with van der Waals surface area (Å²) in [5.41, 5.74) is 2.65. The van der Waals surface area contributed by atoms with E-state index in [0.717, 1.165) is 34.2 Å². The lowest BCUT2D eigenvalue weighted by Crippen LogP contribution is -1.92. The van der Waals surface area contributed by atoms with Gasteiger partial charge in [-0.2, -0.15) is 0 Å². The smallest absolute Gasteiger partial charge is 0.231 e. The van der Waals surface area contributed by atoms with Crippen LogP contribution in [0.3, 0.4) is 0 Å². The first-order valence-corrected chi connectivity index (χ1v) is 6.27. The van der Waals surface area contributed by atoms with Crippen LogP contribution in [0, 0.1) is 0 Å². The van der Waals surface area contributed by atoms with Gasteiger partial charge in [0.15, 0.2) is 22.9 Å². The van der Waals surface area contributed by atoms with Gasteiger partial charge in [-0.15, -0.1) is 0 Å². The number of hydrogen-bond donors (Lipinski definition) is 0. The molecule has 0 radical (unpaired) electrons. The minimum atomic E-state index is 0.276. The zero-order valence-corrected chi connectivity index (χ0v) is 10.9. The molecular formula is C15H12N2O3.